The van der Waals surface area contributed by atoms with Crippen molar-refractivity contribution < 1.29 is 14.1 Å². The lowest BCUT2D eigenvalue weighted by Crippen LogP contribution is -2.24. The minimum atomic E-state index is -0.0807. The minimum Gasteiger partial charge on any atom is -0.497 e. The van der Waals surface area contributed by atoms with Gasteiger partial charge in [0.25, 0.3) is 5.89 Å². The summed E-state index contributed by atoms with van der Waals surface area (Å²) < 4.78 is 10.7. The van der Waals surface area contributed by atoms with Crippen LogP contribution >= 0.6 is 0 Å². The highest BCUT2D eigenvalue weighted by atomic mass is 16.5. The average molecular weight is 363 g/mol. The highest BCUT2D eigenvalue weighted by Gasteiger charge is 2.34. The van der Waals surface area contributed by atoms with E-state index in [1.165, 1.54) is 5.56 Å². The van der Waals surface area contributed by atoms with Crippen molar-refractivity contribution in [2.75, 3.05) is 18.6 Å². The molecule has 138 valence electrons. The van der Waals surface area contributed by atoms with Crippen LogP contribution in [0.2, 0.25) is 0 Å². The number of aromatic nitrogens is 2. The van der Waals surface area contributed by atoms with Crippen molar-refractivity contribution in [2.45, 2.75) is 26.2 Å². The van der Waals surface area contributed by atoms with Crippen LogP contribution in [0.15, 0.2) is 47.0 Å². The fraction of sp³-hybridized carbons (Fsp3) is 0.286. The summed E-state index contributed by atoms with van der Waals surface area (Å²) >= 11 is 0. The molecule has 4 rings (SSSR count). The Bertz CT molecular complexity index is 979. The number of anilines is 1. The fourth-order valence-corrected chi connectivity index (χ4v) is 3.46. The zero-order valence-corrected chi connectivity index (χ0v) is 15.6. The first kappa shape index (κ1) is 17.3. The number of carbonyl (C=O) groups is 1. The number of rotatable bonds is 4. The molecule has 0 saturated carbocycles. The van der Waals surface area contributed by atoms with E-state index in [1.807, 2.05) is 50.2 Å². The molecule has 1 fully saturated rings. The second kappa shape index (κ2) is 6.87. The fourth-order valence-electron chi connectivity index (χ4n) is 3.46. The third-order valence-electron chi connectivity index (χ3n) is 4.93. The van der Waals surface area contributed by atoms with Gasteiger partial charge in [-0.05, 0) is 49.7 Å². The second-order valence-corrected chi connectivity index (χ2v) is 6.88. The maximum atomic E-state index is 12.5. The first-order chi connectivity index (χ1) is 13.0. The van der Waals surface area contributed by atoms with Gasteiger partial charge >= 0.3 is 0 Å². The van der Waals surface area contributed by atoms with Gasteiger partial charge in [0.1, 0.15) is 5.75 Å². The number of hydrogen-bond donors (Lipinski definition) is 0. The lowest BCUT2D eigenvalue weighted by atomic mass is 10.1. The maximum absolute atomic E-state index is 12.5. The van der Waals surface area contributed by atoms with E-state index in [0.29, 0.717) is 24.7 Å². The topological polar surface area (TPSA) is 68.5 Å². The second-order valence-electron chi connectivity index (χ2n) is 6.88. The van der Waals surface area contributed by atoms with E-state index >= 15 is 0 Å². The molecule has 2 aromatic carbocycles. The Kier molecular flexibility index (Phi) is 4.39. The lowest BCUT2D eigenvalue weighted by molar-refractivity contribution is -0.117. The number of ether oxygens (including phenoxy) is 1. The SMILES string of the molecule is COc1ccc(N2CC(c3noc(-c4ccc(C)cc4C)n3)CC2=O)cc1. The molecular weight excluding hydrogens is 342 g/mol. The van der Waals surface area contributed by atoms with Crippen LogP contribution in [0, 0.1) is 13.8 Å². The van der Waals surface area contributed by atoms with Crippen molar-refractivity contribution in [1.29, 1.82) is 0 Å². The predicted octanol–water partition coefficient (Wildman–Crippen LogP) is 3.88. The van der Waals surface area contributed by atoms with Gasteiger partial charge in [0.15, 0.2) is 5.82 Å². The van der Waals surface area contributed by atoms with Gasteiger partial charge in [0, 0.05) is 30.1 Å². The molecule has 0 radical (unpaired) electrons. The predicted molar refractivity (Wildman–Crippen MR) is 102 cm³/mol. The van der Waals surface area contributed by atoms with Crippen molar-refractivity contribution in [2.24, 2.45) is 0 Å². The number of amides is 1. The number of methoxy groups -OCH3 is 1. The number of aryl methyl sites for hydroxylation is 2. The summed E-state index contributed by atoms with van der Waals surface area (Å²) in [7, 11) is 1.62. The normalized spacial score (nSPS) is 16.8. The number of hydrogen-bond acceptors (Lipinski definition) is 5. The standard InChI is InChI=1S/C21H21N3O3/c1-13-4-9-18(14(2)10-13)21-22-20(23-27-21)15-11-19(25)24(12-15)16-5-7-17(26-3)8-6-16/h4-10,15H,11-12H2,1-3H3. The molecule has 3 aromatic rings. The van der Waals surface area contributed by atoms with E-state index in [0.717, 1.165) is 22.6 Å². The van der Waals surface area contributed by atoms with Crippen molar-refractivity contribution in [3.8, 4) is 17.2 Å². The van der Waals surface area contributed by atoms with E-state index in [2.05, 4.69) is 16.2 Å². The summed E-state index contributed by atoms with van der Waals surface area (Å²) in [6, 6.07) is 13.6. The summed E-state index contributed by atoms with van der Waals surface area (Å²) in [4.78, 5) is 18.8. The summed E-state index contributed by atoms with van der Waals surface area (Å²) in [5.74, 6) is 1.82. The smallest absolute Gasteiger partial charge is 0.258 e. The van der Waals surface area contributed by atoms with Gasteiger partial charge in [-0.15, -0.1) is 0 Å². The third kappa shape index (κ3) is 3.30. The minimum absolute atomic E-state index is 0.0584. The Hall–Kier alpha value is -3.15. The van der Waals surface area contributed by atoms with Gasteiger partial charge < -0.3 is 14.2 Å². The first-order valence-electron chi connectivity index (χ1n) is 8.91. The molecule has 27 heavy (non-hydrogen) atoms. The van der Waals surface area contributed by atoms with Crippen molar-refractivity contribution in [1.82, 2.24) is 10.1 Å². The van der Waals surface area contributed by atoms with E-state index in [4.69, 9.17) is 9.26 Å². The average Bonchev–Trinajstić information content (AvgIpc) is 3.29. The zero-order valence-electron chi connectivity index (χ0n) is 15.6. The molecule has 6 heteroatoms. The Morgan fingerprint density at radius 1 is 1.15 bits per heavy atom. The Labute approximate surface area is 157 Å². The summed E-state index contributed by atoms with van der Waals surface area (Å²) in [6.07, 6.45) is 0.373. The van der Waals surface area contributed by atoms with E-state index in [-0.39, 0.29) is 11.8 Å². The molecule has 1 unspecified atom stereocenters. The van der Waals surface area contributed by atoms with E-state index < -0.39 is 0 Å². The monoisotopic (exact) mass is 363 g/mol. The largest absolute Gasteiger partial charge is 0.497 e. The van der Waals surface area contributed by atoms with E-state index in [9.17, 15) is 4.79 Å². The summed E-state index contributed by atoms with van der Waals surface area (Å²) in [6.45, 7) is 4.61. The van der Waals surface area contributed by atoms with Gasteiger partial charge in [-0.3, -0.25) is 4.79 Å². The van der Waals surface area contributed by atoms with Gasteiger partial charge in [-0.25, -0.2) is 0 Å². The molecule has 0 aliphatic carbocycles. The van der Waals surface area contributed by atoms with Crippen LogP contribution in [0.4, 0.5) is 5.69 Å². The molecule has 0 bridgehead atoms. The molecule has 6 nitrogen and oxygen atoms in total. The maximum Gasteiger partial charge on any atom is 0.258 e. The molecule has 0 N–H and O–H groups in total. The molecule has 2 heterocycles. The van der Waals surface area contributed by atoms with Crippen LogP contribution < -0.4 is 9.64 Å². The van der Waals surface area contributed by atoms with Crippen LogP contribution in [0.3, 0.4) is 0 Å². The summed E-state index contributed by atoms with van der Waals surface area (Å²) in [5, 5.41) is 4.14. The molecule has 1 aliphatic rings. The number of benzene rings is 2. The van der Waals surface area contributed by atoms with Crippen LogP contribution in [0.5, 0.6) is 5.75 Å². The molecular formula is C21H21N3O3. The van der Waals surface area contributed by atoms with Crippen LogP contribution in [-0.2, 0) is 4.79 Å². The Balaban J connectivity index is 1.54. The quantitative estimate of drug-likeness (QED) is 0.703. The molecule has 1 saturated heterocycles. The van der Waals surface area contributed by atoms with Crippen molar-refractivity contribution >= 4 is 11.6 Å². The summed E-state index contributed by atoms with van der Waals surface area (Å²) in [5.41, 5.74) is 4.05. The molecule has 1 aromatic heterocycles. The molecule has 1 aliphatic heterocycles. The van der Waals surface area contributed by atoms with Gasteiger partial charge in [0.2, 0.25) is 5.91 Å². The van der Waals surface area contributed by atoms with Gasteiger partial charge in [-0.1, -0.05) is 22.9 Å². The molecule has 1 amide bonds. The highest BCUT2D eigenvalue weighted by Crippen LogP contribution is 2.32. The van der Waals surface area contributed by atoms with Gasteiger partial charge in [0.05, 0.1) is 7.11 Å². The Morgan fingerprint density at radius 2 is 1.93 bits per heavy atom. The zero-order chi connectivity index (χ0) is 19.0. The number of nitrogens with zero attached hydrogens (tertiary/aromatic N) is 3. The highest BCUT2D eigenvalue weighted by molar-refractivity contribution is 5.96. The lowest BCUT2D eigenvalue weighted by Gasteiger charge is -2.16. The van der Waals surface area contributed by atoms with Crippen LogP contribution in [0.1, 0.15) is 29.3 Å². The van der Waals surface area contributed by atoms with Crippen molar-refractivity contribution in [3.05, 3.63) is 59.4 Å². The van der Waals surface area contributed by atoms with Crippen LogP contribution in [-0.4, -0.2) is 29.7 Å². The Morgan fingerprint density at radius 3 is 2.63 bits per heavy atom. The first-order valence-corrected chi connectivity index (χ1v) is 8.91. The van der Waals surface area contributed by atoms with Crippen molar-refractivity contribution in [3.63, 3.8) is 0 Å². The van der Waals surface area contributed by atoms with E-state index in [1.54, 1.807) is 12.0 Å². The third-order valence-corrected chi connectivity index (χ3v) is 4.93. The molecule has 1 atom stereocenters. The number of carbonyl (C=O) groups excluding carboxylic acids is 1. The van der Waals surface area contributed by atoms with Gasteiger partial charge in [-0.2, -0.15) is 4.98 Å². The van der Waals surface area contributed by atoms with Crippen LogP contribution in [0.25, 0.3) is 11.5 Å². The molecule has 0 spiro atoms.